The van der Waals surface area contributed by atoms with Gasteiger partial charge in [0.2, 0.25) is 5.28 Å². The molecule has 1 aromatic heterocycles. The number of rotatable bonds is 2. The highest BCUT2D eigenvalue weighted by Crippen LogP contribution is 2.14. The van der Waals surface area contributed by atoms with Crippen LogP contribution in [0.5, 0.6) is 0 Å². The van der Waals surface area contributed by atoms with Crippen LogP contribution in [0.2, 0.25) is 5.28 Å². The van der Waals surface area contributed by atoms with Crippen LogP contribution in [0.4, 0.5) is 0 Å². The molecule has 88 valence electrons. The summed E-state index contributed by atoms with van der Waals surface area (Å²) in [4.78, 5) is 26.7. The summed E-state index contributed by atoms with van der Waals surface area (Å²) in [6, 6.07) is 5.20. The third-order valence-corrected chi connectivity index (χ3v) is 2.73. The van der Waals surface area contributed by atoms with Crippen LogP contribution in [0.15, 0.2) is 23.0 Å². The van der Waals surface area contributed by atoms with Gasteiger partial charge in [-0.1, -0.05) is 12.1 Å². The number of nitrogens with zero attached hydrogens (tertiary/aromatic N) is 2. The predicted molar refractivity (Wildman–Crippen MR) is 63.4 cm³/mol. The molecule has 1 N–H and O–H groups in total. The van der Waals surface area contributed by atoms with Crippen molar-refractivity contribution in [1.82, 2.24) is 9.55 Å². The highest BCUT2D eigenvalue weighted by Gasteiger charge is 2.12. The van der Waals surface area contributed by atoms with Crippen molar-refractivity contribution in [3.8, 4) is 0 Å². The van der Waals surface area contributed by atoms with Gasteiger partial charge < -0.3 is 5.11 Å². The van der Waals surface area contributed by atoms with Crippen molar-refractivity contribution in [3.63, 3.8) is 0 Å². The van der Waals surface area contributed by atoms with Crippen LogP contribution in [-0.2, 0) is 11.3 Å². The first-order chi connectivity index (χ1) is 8.00. The number of fused-ring (bicyclic) bond motifs is 1. The summed E-state index contributed by atoms with van der Waals surface area (Å²) in [5.41, 5.74) is 0.790. The fourth-order valence-electron chi connectivity index (χ4n) is 1.67. The number of carbonyl (C=O) groups is 1. The molecule has 1 aromatic carbocycles. The largest absolute Gasteiger partial charge is 0.480 e. The molecule has 0 aliphatic carbocycles. The Kier molecular flexibility index (Phi) is 2.85. The van der Waals surface area contributed by atoms with Gasteiger partial charge >= 0.3 is 5.97 Å². The van der Waals surface area contributed by atoms with E-state index in [1.54, 1.807) is 25.1 Å². The minimum absolute atomic E-state index is 0.115. The van der Waals surface area contributed by atoms with Gasteiger partial charge in [0.25, 0.3) is 5.56 Å². The SMILES string of the molecule is Cc1cccc2nc(Cl)n(CC(=O)O)c(=O)c12. The Labute approximate surface area is 101 Å². The number of hydrogen-bond acceptors (Lipinski definition) is 3. The van der Waals surface area contributed by atoms with Crippen molar-refractivity contribution in [2.75, 3.05) is 0 Å². The smallest absolute Gasteiger partial charge is 0.323 e. The van der Waals surface area contributed by atoms with Gasteiger partial charge in [-0.05, 0) is 30.2 Å². The Morgan fingerprint density at radius 2 is 2.24 bits per heavy atom. The van der Waals surface area contributed by atoms with Crippen molar-refractivity contribution in [1.29, 1.82) is 0 Å². The van der Waals surface area contributed by atoms with Gasteiger partial charge in [0.05, 0.1) is 10.9 Å². The number of aromatic nitrogens is 2. The van der Waals surface area contributed by atoms with Crippen LogP contribution < -0.4 is 5.56 Å². The summed E-state index contributed by atoms with van der Waals surface area (Å²) in [7, 11) is 0. The van der Waals surface area contributed by atoms with E-state index < -0.39 is 18.1 Å². The Morgan fingerprint density at radius 1 is 1.53 bits per heavy atom. The molecule has 0 atom stereocenters. The molecule has 17 heavy (non-hydrogen) atoms. The van der Waals surface area contributed by atoms with Crippen molar-refractivity contribution in [3.05, 3.63) is 39.4 Å². The lowest BCUT2D eigenvalue weighted by atomic mass is 10.1. The molecule has 0 amide bonds. The zero-order valence-corrected chi connectivity index (χ0v) is 9.73. The molecule has 0 spiro atoms. The Morgan fingerprint density at radius 3 is 2.88 bits per heavy atom. The second kappa shape index (κ2) is 4.18. The van der Waals surface area contributed by atoms with Crippen LogP contribution in [0.25, 0.3) is 10.9 Å². The van der Waals surface area contributed by atoms with E-state index in [4.69, 9.17) is 16.7 Å². The Balaban J connectivity index is 2.83. The third-order valence-electron chi connectivity index (χ3n) is 2.44. The van der Waals surface area contributed by atoms with E-state index in [1.807, 2.05) is 0 Å². The molecule has 0 saturated heterocycles. The molecule has 0 bridgehead atoms. The maximum atomic E-state index is 12.1. The first-order valence-electron chi connectivity index (χ1n) is 4.88. The molecule has 0 saturated carbocycles. The second-order valence-electron chi connectivity index (χ2n) is 3.63. The number of aryl methyl sites for hydroxylation is 1. The maximum absolute atomic E-state index is 12.1. The molecular formula is C11H9ClN2O3. The van der Waals surface area contributed by atoms with E-state index >= 15 is 0 Å². The van der Waals surface area contributed by atoms with E-state index in [0.717, 1.165) is 10.1 Å². The Hall–Kier alpha value is -1.88. The molecule has 2 aromatic rings. The lowest BCUT2D eigenvalue weighted by Crippen LogP contribution is -2.26. The summed E-state index contributed by atoms with van der Waals surface area (Å²) >= 11 is 5.79. The van der Waals surface area contributed by atoms with Crippen molar-refractivity contribution < 1.29 is 9.90 Å². The summed E-state index contributed by atoms with van der Waals surface area (Å²) in [5, 5.41) is 9.00. The zero-order valence-electron chi connectivity index (χ0n) is 8.98. The van der Waals surface area contributed by atoms with Gasteiger partial charge in [-0.25, -0.2) is 4.98 Å². The first-order valence-corrected chi connectivity index (χ1v) is 5.26. The fourth-order valence-corrected chi connectivity index (χ4v) is 1.90. The van der Waals surface area contributed by atoms with E-state index in [9.17, 15) is 9.59 Å². The van der Waals surface area contributed by atoms with E-state index in [0.29, 0.717) is 10.9 Å². The van der Waals surface area contributed by atoms with Gasteiger partial charge in [0, 0.05) is 0 Å². The van der Waals surface area contributed by atoms with Crippen LogP contribution in [0.1, 0.15) is 5.56 Å². The quantitative estimate of drug-likeness (QED) is 0.821. The standard InChI is InChI=1S/C11H9ClN2O3/c1-6-3-2-4-7-9(6)10(17)14(5-8(15)16)11(12)13-7/h2-4H,5H2,1H3,(H,15,16). The maximum Gasteiger partial charge on any atom is 0.323 e. The molecule has 5 nitrogen and oxygen atoms in total. The number of aliphatic carboxylic acids is 1. The van der Waals surface area contributed by atoms with Gasteiger partial charge in [-0.15, -0.1) is 0 Å². The summed E-state index contributed by atoms with van der Waals surface area (Å²) in [5.74, 6) is -1.14. The summed E-state index contributed by atoms with van der Waals surface area (Å²) in [6.07, 6.45) is 0. The van der Waals surface area contributed by atoms with Gasteiger partial charge in [0.15, 0.2) is 0 Å². The monoisotopic (exact) mass is 252 g/mol. The molecule has 2 rings (SSSR count). The van der Waals surface area contributed by atoms with Crippen LogP contribution >= 0.6 is 11.6 Å². The minimum Gasteiger partial charge on any atom is -0.480 e. The lowest BCUT2D eigenvalue weighted by molar-refractivity contribution is -0.137. The number of carboxylic acids is 1. The number of carboxylic acid groups (broad SMARTS) is 1. The van der Waals surface area contributed by atoms with Crippen LogP contribution in [0.3, 0.4) is 0 Å². The average molecular weight is 253 g/mol. The third kappa shape index (κ3) is 2.01. The van der Waals surface area contributed by atoms with E-state index in [2.05, 4.69) is 4.98 Å². The molecule has 0 aliphatic heterocycles. The van der Waals surface area contributed by atoms with Crippen molar-refractivity contribution in [2.24, 2.45) is 0 Å². The van der Waals surface area contributed by atoms with E-state index in [1.165, 1.54) is 0 Å². The molecule has 0 fully saturated rings. The molecular weight excluding hydrogens is 244 g/mol. The number of hydrogen-bond donors (Lipinski definition) is 1. The number of benzene rings is 1. The van der Waals surface area contributed by atoms with Gasteiger partial charge in [0.1, 0.15) is 6.54 Å². The van der Waals surface area contributed by atoms with E-state index in [-0.39, 0.29) is 5.28 Å². The second-order valence-corrected chi connectivity index (χ2v) is 3.97. The van der Waals surface area contributed by atoms with Crippen LogP contribution in [0, 0.1) is 6.92 Å². The topological polar surface area (TPSA) is 72.2 Å². The molecule has 0 aliphatic rings. The van der Waals surface area contributed by atoms with Crippen molar-refractivity contribution >= 4 is 28.5 Å². The predicted octanol–water partition coefficient (Wildman–Crippen LogP) is 1.44. The average Bonchev–Trinajstić information content (AvgIpc) is 2.23. The molecule has 6 heteroatoms. The Bertz CT molecular complexity index is 664. The zero-order chi connectivity index (χ0) is 12.6. The summed E-state index contributed by atoms with van der Waals surface area (Å²) in [6.45, 7) is 1.28. The highest BCUT2D eigenvalue weighted by atomic mass is 35.5. The van der Waals surface area contributed by atoms with Gasteiger partial charge in [-0.3, -0.25) is 14.2 Å². The molecule has 0 unspecified atom stereocenters. The normalized spacial score (nSPS) is 10.7. The molecule has 0 radical (unpaired) electrons. The molecule has 1 heterocycles. The minimum atomic E-state index is -1.14. The fraction of sp³-hybridized carbons (Fsp3) is 0.182. The summed E-state index contributed by atoms with van der Waals surface area (Å²) < 4.78 is 0.944. The van der Waals surface area contributed by atoms with Crippen molar-refractivity contribution in [2.45, 2.75) is 13.5 Å². The number of halogens is 1. The first kappa shape index (κ1) is 11.6. The lowest BCUT2D eigenvalue weighted by Gasteiger charge is -2.07. The highest BCUT2D eigenvalue weighted by molar-refractivity contribution is 6.28. The van der Waals surface area contributed by atoms with Crippen LogP contribution in [-0.4, -0.2) is 20.6 Å². The van der Waals surface area contributed by atoms with Gasteiger partial charge in [-0.2, -0.15) is 0 Å².